The van der Waals surface area contributed by atoms with Gasteiger partial charge in [0.05, 0.1) is 13.2 Å². The highest BCUT2D eigenvalue weighted by atomic mass is 16.5. The first-order chi connectivity index (χ1) is 13.6. The van der Waals surface area contributed by atoms with Gasteiger partial charge in [0.1, 0.15) is 0 Å². The Labute approximate surface area is 170 Å². The highest BCUT2D eigenvalue weighted by Gasteiger charge is 2.15. The Morgan fingerprint density at radius 1 is 0.679 bits per heavy atom. The molecule has 1 aliphatic rings. The fourth-order valence-electron chi connectivity index (χ4n) is 3.12. The van der Waals surface area contributed by atoms with Gasteiger partial charge in [0.2, 0.25) is 11.8 Å². The summed E-state index contributed by atoms with van der Waals surface area (Å²) < 4.78 is 11.0. The van der Waals surface area contributed by atoms with Crippen LogP contribution in [0.2, 0.25) is 0 Å². The molecule has 0 aliphatic carbocycles. The molecule has 0 aromatic carbocycles. The molecule has 1 rings (SSSR count). The van der Waals surface area contributed by atoms with Crippen LogP contribution in [0.15, 0.2) is 0 Å². The van der Waals surface area contributed by atoms with Crippen molar-refractivity contribution in [3.05, 3.63) is 0 Å². The average Bonchev–Trinajstić information content (AvgIpc) is 2.66. The van der Waals surface area contributed by atoms with Gasteiger partial charge in [-0.25, -0.2) is 0 Å². The van der Waals surface area contributed by atoms with Gasteiger partial charge in [0.25, 0.3) is 0 Å². The molecule has 0 atom stereocenters. The number of hydrogen-bond donors (Lipinski definition) is 2. The number of rotatable bonds is 16. The molecular weight excluding hydrogens is 360 g/mol. The van der Waals surface area contributed by atoms with E-state index in [2.05, 4.69) is 20.4 Å². The lowest BCUT2D eigenvalue weighted by molar-refractivity contribution is -0.120. The largest absolute Gasteiger partial charge is 0.380 e. The SMILES string of the molecule is CC(=O)NCCOCCCCN1CCN(CCCCOCCNC(C)=O)CC1. The second-order valence-electron chi connectivity index (χ2n) is 7.29. The number of nitrogens with zero attached hydrogens (tertiary/aromatic N) is 2. The summed E-state index contributed by atoms with van der Waals surface area (Å²) in [6, 6.07) is 0. The lowest BCUT2D eigenvalue weighted by Crippen LogP contribution is -2.46. The van der Waals surface area contributed by atoms with E-state index in [0.717, 1.165) is 78.2 Å². The van der Waals surface area contributed by atoms with Crippen LogP contribution in [0.4, 0.5) is 0 Å². The maximum atomic E-state index is 10.7. The highest BCUT2D eigenvalue weighted by molar-refractivity contribution is 5.73. The minimum Gasteiger partial charge on any atom is -0.380 e. The third-order valence-electron chi connectivity index (χ3n) is 4.73. The first kappa shape index (κ1) is 24.8. The van der Waals surface area contributed by atoms with Crippen molar-refractivity contribution in [1.29, 1.82) is 0 Å². The third kappa shape index (κ3) is 14.8. The molecular formula is C20H40N4O4. The van der Waals surface area contributed by atoms with Crippen molar-refractivity contribution in [3.63, 3.8) is 0 Å². The van der Waals surface area contributed by atoms with Gasteiger partial charge in [0.15, 0.2) is 0 Å². The van der Waals surface area contributed by atoms with Gasteiger partial charge in [0, 0.05) is 66.3 Å². The normalized spacial score (nSPS) is 15.5. The van der Waals surface area contributed by atoms with E-state index in [0.29, 0.717) is 26.3 Å². The number of carbonyl (C=O) groups excluding carboxylic acids is 2. The van der Waals surface area contributed by atoms with Gasteiger partial charge in [-0.3, -0.25) is 9.59 Å². The Bertz CT molecular complexity index is 377. The van der Waals surface area contributed by atoms with Crippen molar-refractivity contribution < 1.29 is 19.1 Å². The van der Waals surface area contributed by atoms with Crippen LogP contribution < -0.4 is 10.6 Å². The molecule has 8 nitrogen and oxygen atoms in total. The first-order valence-electron chi connectivity index (χ1n) is 10.7. The third-order valence-corrected chi connectivity index (χ3v) is 4.73. The molecule has 0 aromatic rings. The molecule has 2 N–H and O–H groups in total. The van der Waals surface area contributed by atoms with Gasteiger partial charge in [-0.1, -0.05) is 0 Å². The van der Waals surface area contributed by atoms with Crippen LogP contribution in [0.1, 0.15) is 39.5 Å². The molecule has 1 fully saturated rings. The first-order valence-corrected chi connectivity index (χ1v) is 10.7. The zero-order chi connectivity index (χ0) is 20.5. The summed E-state index contributed by atoms with van der Waals surface area (Å²) >= 11 is 0. The predicted molar refractivity (Wildman–Crippen MR) is 110 cm³/mol. The van der Waals surface area contributed by atoms with Gasteiger partial charge >= 0.3 is 0 Å². The Balaban J connectivity index is 1.85. The number of ether oxygens (including phenoxy) is 2. The van der Waals surface area contributed by atoms with E-state index >= 15 is 0 Å². The highest BCUT2D eigenvalue weighted by Crippen LogP contribution is 2.05. The molecule has 0 radical (unpaired) electrons. The van der Waals surface area contributed by atoms with Crippen LogP contribution in [0.3, 0.4) is 0 Å². The number of unbranched alkanes of at least 4 members (excludes halogenated alkanes) is 2. The van der Waals surface area contributed by atoms with Crippen LogP contribution >= 0.6 is 0 Å². The van der Waals surface area contributed by atoms with Gasteiger partial charge < -0.3 is 29.9 Å². The molecule has 0 unspecified atom stereocenters. The second-order valence-corrected chi connectivity index (χ2v) is 7.29. The predicted octanol–water partition coefficient (Wildman–Crippen LogP) is 0.470. The maximum absolute atomic E-state index is 10.7. The summed E-state index contributed by atoms with van der Waals surface area (Å²) in [4.78, 5) is 26.5. The molecule has 8 heteroatoms. The molecule has 164 valence electrons. The quantitative estimate of drug-likeness (QED) is 0.367. The number of carbonyl (C=O) groups is 2. The summed E-state index contributed by atoms with van der Waals surface area (Å²) in [6.45, 7) is 13.9. The van der Waals surface area contributed by atoms with Crippen molar-refractivity contribution >= 4 is 11.8 Å². The van der Waals surface area contributed by atoms with E-state index in [-0.39, 0.29) is 11.8 Å². The topological polar surface area (TPSA) is 83.1 Å². The molecule has 1 saturated heterocycles. The van der Waals surface area contributed by atoms with Crippen molar-refractivity contribution in [3.8, 4) is 0 Å². The monoisotopic (exact) mass is 400 g/mol. The van der Waals surface area contributed by atoms with E-state index in [9.17, 15) is 9.59 Å². The van der Waals surface area contributed by atoms with Crippen LogP contribution in [-0.4, -0.2) is 100 Å². The summed E-state index contributed by atoms with van der Waals surface area (Å²) in [7, 11) is 0. The maximum Gasteiger partial charge on any atom is 0.216 e. The second kappa shape index (κ2) is 16.7. The lowest BCUT2D eigenvalue weighted by atomic mass is 10.2. The minimum atomic E-state index is -0.00484. The van der Waals surface area contributed by atoms with Crippen molar-refractivity contribution in [2.45, 2.75) is 39.5 Å². The van der Waals surface area contributed by atoms with E-state index in [1.165, 1.54) is 13.8 Å². The van der Waals surface area contributed by atoms with Gasteiger partial charge in [-0.2, -0.15) is 0 Å². The van der Waals surface area contributed by atoms with Crippen LogP contribution in [0.25, 0.3) is 0 Å². The smallest absolute Gasteiger partial charge is 0.216 e. The molecule has 0 aromatic heterocycles. The number of amides is 2. The fourth-order valence-corrected chi connectivity index (χ4v) is 3.12. The summed E-state index contributed by atoms with van der Waals surface area (Å²) in [5.74, 6) is -0.00968. The van der Waals surface area contributed by atoms with Crippen molar-refractivity contribution in [1.82, 2.24) is 20.4 Å². The Hall–Kier alpha value is -1.22. The van der Waals surface area contributed by atoms with Crippen molar-refractivity contribution in [2.24, 2.45) is 0 Å². The zero-order valence-electron chi connectivity index (χ0n) is 17.8. The Morgan fingerprint density at radius 3 is 1.43 bits per heavy atom. The van der Waals surface area contributed by atoms with Crippen LogP contribution in [-0.2, 0) is 19.1 Å². The molecule has 0 saturated carbocycles. The Morgan fingerprint density at radius 2 is 1.07 bits per heavy atom. The average molecular weight is 401 g/mol. The van der Waals surface area contributed by atoms with Gasteiger partial charge in [-0.05, 0) is 38.8 Å². The number of hydrogen-bond acceptors (Lipinski definition) is 6. The van der Waals surface area contributed by atoms with E-state index in [1.54, 1.807) is 0 Å². The Kier molecular flexibility index (Phi) is 14.8. The van der Waals surface area contributed by atoms with Gasteiger partial charge in [-0.15, -0.1) is 0 Å². The molecule has 2 amide bonds. The zero-order valence-corrected chi connectivity index (χ0v) is 17.8. The van der Waals surface area contributed by atoms with E-state index in [1.807, 2.05) is 0 Å². The molecule has 1 aliphatic heterocycles. The summed E-state index contributed by atoms with van der Waals surface area (Å²) in [5, 5.41) is 5.46. The summed E-state index contributed by atoms with van der Waals surface area (Å²) in [6.07, 6.45) is 4.47. The standard InChI is InChI=1S/C20H40N4O4/c1-19(25)21-7-17-27-15-5-3-9-23-11-13-24(14-12-23)10-4-6-16-28-18-8-22-20(2)26/h3-18H2,1-2H3,(H,21,25)(H,22,26). The number of piperazine rings is 1. The lowest BCUT2D eigenvalue weighted by Gasteiger charge is -2.34. The van der Waals surface area contributed by atoms with Crippen LogP contribution in [0, 0.1) is 0 Å². The minimum absolute atomic E-state index is 0.00484. The molecule has 28 heavy (non-hydrogen) atoms. The van der Waals surface area contributed by atoms with E-state index in [4.69, 9.17) is 9.47 Å². The molecule has 1 heterocycles. The van der Waals surface area contributed by atoms with Crippen LogP contribution in [0.5, 0.6) is 0 Å². The summed E-state index contributed by atoms with van der Waals surface area (Å²) in [5.41, 5.74) is 0. The van der Waals surface area contributed by atoms with E-state index < -0.39 is 0 Å². The molecule has 0 spiro atoms. The number of nitrogens with one attached hydrogen (secondary N) is 2. The molecule has 0 bridgehead atoms. The fraction of sp³-hybridized carbons (Fsp3) is 0.900. The van der Waals surface area contributed by atoms with Crippen molar-refractivity contribution in [2.75, 3.05) is 78.8 Å².